The number of benzene rings is 1. The van der Waals surface area contributed by atoms with Crippen molar-refractivity contribution in [2.75, 3.05) is 20.7 Å². The van der Waals surface area contributed by atoms with E-state index in [-0.39, 0.29) is 0 Å². The molecule has 108 valence electrons. The lowest BCUT2D eigenvalue weighted by atomic mass is 9.87. The third-order valence-corrected chi connectivity index (χ3v) is 3.33. The van der Waals surface area contributed by atoms with Crippen LogP contribution in [0, 0.1) is 5.41 Å². The van der Waals surface area contributed by atoms with Crippen LogP contribution in [0.4, 0.5) is 0 Å². The van der Waals surface area contributed by atoms with Crippen molar-refractivity contribution in [2.24, 2.45) is 11.1 Å². The van der Waals surface area contributed by atoms with E-state index in [4.69, 9.17) is 10.5 Å². The Morgan fingerprint density at radius 3 is 2.21 bits per heavy atom. The minimum atomic E-state index is 0.304. The van der Waals surface area contributed by atoms with Gasteiger partial charge in [-0.05, 0) is 36.6 Å². The topological polar surface area (TPSA) is 38.5 Å². The van der Waals surface area contributed by atoms with Gasteiger partial charge in [0.25, 0.3) is 0 Å². The van der Waals surface area contributed by atoms with E-state index in [9.17, 15) is 0 Å². The smallest absolute Gasteiger partial charge is 0.118 e. The number of hydrogen-bond acceptors (Lipinski definition) is 3. The molecule has 0 heterocycles. The van der Waals surface area contributed by atoms with E-state index in [2.05, 4.69) is 44.9 Å². The Labute approximate surface area is 117 Å². The summed E-state index contributed by atoms with van der Waals surface area (Å²) in [5.41, 5.74) is 7.51. The quantitative estimate of drug-likeness (QED) is 0.858. The third kappa shape index (κ3) is 5.62. The zero-order valence-corrected chi connectivity index (χ0v) is 12.9. The average Bonchev–Trinajstić information content (AvgIpc) is 2.35. The van der Waals surface area contributed by atoms with Crippen molar-refractivity contribution in [1.29, 1.82) is 0 Å². The highest BCUT2D eigenvalue weighted by molar-refractivity contribution is 5.27. The van der Waals surface area contributed by atoms with E-state index in [1.807, 2.05) is 12.1 Å². The predicted octanol–water partition coefficient (Wildman–Crippen LogP) is 2.89. The van der Waals surface area contributed by atoms with E-state index < -0.39 is 0 Å². The van der Waals surface area contributed by atoms with Crippen LogP contribution in [-0.2, 0) is 6.54 Å². The Morgan fingerprint density at radius 1 is 1.21 bits per heavy atom. The zero-order valence-electron chi connectivity index (χ0n) is 12.9. The van der Waals surface area contributed by atoms with Crippen LogP contribution in [0.2, 0.25) is 0 Å². The Balaban J connectivity index is 2.62. The van der Waals surface area contributed by atoms with Crippen molar-refractivity contribution in [3.8, 4) is 5.75 Å². The monoisotopic (exact) mass is 264 g/mol. The molecular formula is C16H28N2O. The molecule has 0 fully saturated rings. The molecule has 0 bridgehead atoms. The van der Waals surface area contributed by atoms with E-state index in [1.165, 1.54) is 5.56 Å². The van der Waals surface area contributed by atoms with Crippen LogP contribution in [0.3, 0.4) is 0 Å². The fourth-order valence-electron chi connectivity index (χ4n) is 2.27. The van der Waals surface area contributed by atoms with Gasteiger partial charge in [0.05, 0.1) is 7.11 Å². The Bertz CT molecular complexity index is 367. The molecule has 0 aliphatic carbocycles. The lowest BCUT2D eigenvalue weighted by Crippen LogP contribution is -2.40. The molecule has 1 aromatic carbocycles. The second-order valence-electron chi connectivity index (χ2n) is 6.42. The van der Waals surface area contributed by atoms with Crippen molar-refractivity contribution < 1.29 is 4.74 Å². The van der Waals surface area contributed by atoms with Gasteiger partial charge < -0.3 is 10.5 Å². The molecule has 1 aromatic rings. The average molecular weight is 264 g/mol. The highest BCUT2D eigenvalue weighted by Crippen LogP contribution is 2.23. The van der Waals surface area contributed by atoms with Crippen LogP contribution in [-0.4, -0.2) is 31.6 Å². The molecular weight excluding hydrogens is 236 g/mol. The van der Waals surface area contributed by atoms with E-state index in [0.29, 0.717) is 18.0 Å². The molecule has 1 rings (SSSR count). The van der Waals surface area contributed by atoms with Gasteiger partial charge in [-0.3, -0.25) is 4.90 Å². The minimum absolute atomic E-state index is 0.304. The molecule has 0 aliphatic rings. The summed E-state index contributed by atoms with van der Waals surface area (Å²) in [7, 11) is 3.84. The van der Waals surface area contributed by atoms with Crippen LogP contribution in [0.5, 0.6) is 5.75 Å². The molecule has 0 saturated carbocycles. The van der Waals surface area contributed by atoms with Gasteiger partial charge in [-0.2, -0.15) is 0 Å². The lowest BCUT2D eigenvalue weighted by molar-refractivity contribution is 0.177. The summed E-state index contributed by atoms with van der Waals surface area (Å²) in [5, 5.41) is 0. The number of likely N-dealkylation sites (N-methyl/N-ethyl adjacent to an activating group) is 1. The van der Waals surface area contributed by atoms with E-state index in [1.54, 1.807) is 7.11 Å². The predicted molar refractivity (Wildman–Crippen MR) is 81.4 cm³/mol. The second-order valence-corrected chi connectivity index (χ2v) is 6.42. The molecule has 0 spiro atoms. The highest BCUT2D eigenvalue weighted by atomic mass is 16.5. The van der Waals surface area contributed by atoms with Crippen molar-refractivity contribution in [1.82, 2.24) is 4.90 Å². The van der Waals surface area contributed by atoms with Gasteiger partial charge in [0.1, 0.15) is 5.75 Å². The van der Waals surface area contributed by atoms with Crippen molar-refractivity contribution in [3.63, 3.8) is 0 Å². The summed E-state index contributed by atoms with van der Waals surface area (Å²) in [5.74, 6) is 0.900. The first-order valence-corrected chi connectivity index (χ1v) is 6.89. The maximum Gasteiger partial charge on any atom is 0.118 e. The summed E-state index contributed by atoms with van der Waals surface area (Å²) < 4.78 is 5.18. The number of ether oxygens (including phenoxy) is 1. The molecule has 0 aliphatic heterocycles. The largest absolute Gasteiger partial charge is 0.497 e. The molecule has 0 aromatic heterocycles. The Kier molecular flexibility index (Phi) is 5.83. The molecule has 0 amide bonds. The first-order valence-electron chi connectivity index (χ1n) is 6.89. The Hall–Kier alpha value is -1.06. The fourth-order valence-corrected chi connectivity index (χ4v) is 2.27. The first kappa shape index (κ1) is 16.0. The van der Waals surface area contributed by atoms with Crippen molar-refractivity contribution in [2.45, 2.75) is 39.8 Å². The van der Waals surface area contributed by atoms with Gasteiger partial charge in [-0.15, -0.1) is 0 Å². The summed E-state index contributed by atoms with van der Waals surface area (Å²) in [6.07, 6.45) is 1.11. The molecule has 0 radical (unpaired) electrons. The van der Waals surface area contributed by atoms with Gasteiger partial charge in [-0.1, -0.05) is 32.9 Å². The summed E-state index contributed by atoms with van der Waals surface area (Å²) in [6.45, 7) is 8.40. The second kappa shape index (κ2) is 6.92. The van der Waals surface area contributed by atoms with Crippen LogP contribution < -0.4 is 10.5 Å². The maximum absolute atomic E-state index is 5.92. The van der Waals surface area contributed by atoms with Crippen molar-refractivity contribution >= 4 is 0 Å². The van der Waals surface area contributed by atoms with Gasteiger partial charge in [0, 0.05) is 19.1 Å². The van der Waals surface area contributed by atoms with E-state index >= 15 is 0 Å². The summed E-state index contributed by atoms with van der Waals surface area (Å²) >= 11 is 0. The van der Waals surface area contributed by atoms with Crippen molar-refractivity contribution in [3.05, 3.63) is 29.8 Å². The van der Waals surface area contributed by atoms with Gasteiger partial charge in [-0.25, -0.2) is 0 Å². The van der Waals surface area contributed by atoms with Gasteiger partial charge >= 0.3 is 0 Å². The number of nitrogens with two attached hydrogens (primary N) is 1. The number of nitrogens with zero attached hydrogens (tertiary/aromatic N) is 1. The molecule has 19 heavy (non-hydrogen) atoms. The number of hydrogen-bond donors (Lipinski definition) is 1. The standard InChI is InChI=1S/C16H28N2O/c1-16(2,3)10-14(11-17)18(4)12-13-6-8-15(19-5)9-7-13/h6-9,14H,10-12,17H2,1-5H3. The van der Waals surface area contributed by atoms with Crippen LogP contribution in [0.1, 0.15) is 32.8 Å². The molecule has 3 nitrogen and oxygen atoms in total. The third-order valence-electron chi connectivity index (χ3n) is 3.33. The molecule has 0 saturated heterocycles. The summed E-state index contributed by atoms with van der Waals surface area (Å²) in [6, 6.07) is 8.65. The number of rotatable bonds is 6. The molecule has 1 atom stereocenters. The molecule has 2 N–H and O–H groups in total. The van der Waals surface area contributed by atoms with Crippen LogP contribution >= 0.6 is 0 Å². The zero-order chi connectivity index (χ0) is 14.5. The molecule has 1 unspecified atom stereocenters. The van der Waals surface area contributed by atoms with E-state index in [0.717, 1.165) is 18.7 Å². The van der Waals surface area contributed by atoms with Crippen LogP contribution in [0.25, 0.3) is 0 Å². The minimum Gasteiger partial charge on any atom is -0.497 e. The Morgan fingerprint density at radius 2 is 1.79 bits per heavy atom. The van der Waals surface area contributed by atoms with Gasteiger partial charge in [0.2, 0.25) is 0 Å². The SMILES string of the molecule is COc1ccc(CN(C)C(CN)CC(C)(C)C)cc1. The first-order chi connectivity index (χ1) is 8.85. The van der Waals surface area contributed by atoms with Crippen LogP contribution in [0.15, 0.2) is 24.3 Å². The summed E-state index contributed by atoms with van der Waals surface area (Å²) in [4.78, 5) is 2.34. The highest BCUT2D eigenvalue weighted by Gasteiger charge is 2.21. The van der Waals surface area contributed by atoms with Gasteiger partial charge in [0.15, 0.2) is 0 Å². The number of methoxy groups -OCH3 is 1. The lowest BCUT2D eigenvalue weighted by Gasteiger charge is -2.32. The maximum atomic E-state index is 5.92. The molecule has 3 heteroatoms. The normalized spacial score (nSPS) is 13.6. The fraction of sp³-hybridized carbons (Fsp3) is 0.625.